The summed E-state index contributed by atoms with van der Waals surface area (Å²) in [6.07, 6.45) is 5.07. The van der Waals surface area contributed by atoms with Crippen molar-refractivity contribution >= 4 is 17.7 Å². The fourth-order valence-corrected chi connectivity index (χ4v) is 3.22. The number of imidazole rings is 1. The van der Waals surface area contributed by atoms with Crippen molar-refractivity contribution in [3.05, 3.63) is 68.4 Å². The van der Waals surface area contributed by atoms with Crippen LogP contribution in [0, 0.1) is 12.7 Å². The van der Waals surface area contributed by atoms with Crippen LogP contribution in [0.1, 0.15) is 29.7 Å². The van der Waals surface area contributed by atoms with E-state index in [1.807, 2.05) is 13.0 Å². The number of nitrogens with one attached hydrogen (secondary N) is 3. The Morgan fingerprint density at radius 1 is 1.35 bits per heavy atom. The number of aromatic amines is 2. The molecule has 3 heterocycles. The highest BCUT2D eigenvalue weighted by Gasteiger charge is 2.21. The number of halogens is 1. The summed E-state index contributed by atoms with van der Waals surface area (Å²) in [5, 5.41) is 17.8. The maximum absolute atomic E-state index is 14.2. The number of rotatable bonds is 5. The van der Waals surface area contributed by atoms with Gasteiger partial charge in [0.1, 0.15) is 11.5 Å². The van der Waals surface area contributed by atoms with Crippen LogP contribution in [-0.2, 0) is 6.54 Å². The normalized spacial score (nSPS) is 15.2. The molecule has 0 amide bonds. The molecule has 1 fully saturated rings. The average molecular weight is 422 g/mol. The molecule has 0 atom stereocenters. The summed E-state index contributed by atoms with van der Waals surface area (Å²) in [5.74, 6) is -0.312. The molecule has 5 rings (SSSR count). The highest BCUT2D eigenvalue weighted by molar-refractivity contribution is 5.57. The van der Waals surface area contributed by atoms with Gasteiger partial charge >= 0.3 is 5.69 Å². The van der Waals surface area contributed by atoms with Crippen molar-refractivity contribution in [2.24, 2.45) is 4.99 Å². The topological polar surface area (TPSA) is 136 Å². The minimum absolute atomic E-state index is 0.196. The van der Waals surface area contributed by atoms with Crippen LogP contribution in [0.3, 0.4) is 0 Å². The first kappa shape index (κ1) is 19.0. The lowest BCUT2D eigenvalue weighted by molar-refractivity contribution is 0.454. The molecule has 4 aromatic rings. The third-order valence-corrected chi connectivity index (χ3v) is 5.03. The molecule has 1 aliphatic rings. The summed E-state index contributed by atoms with van der Waals surface area (Å²) < 4.78 is 15.7. The second-order valence-corrected chi connectivity index (χ2v) is 7.42. The van der Waals surface area contributed by atoms with Gasteiger partial charge in [-0.3, -0.25) is 4.98 Å². The van der Waals surface area contributed by atoms with E-state index in [0.717, 1.165) is 18.4 Å². The molecule has 11 heteroatoms. The van der Waals surface area contributed by atoms with Crippen molar-refractivity contribution in [2.45, 2.75) is 32.4 Å². The van der Waals surface area contributed by atoms with Gasteiger partial charge in [0, 0.05) is 17.3 Å². The van der Waals surface area contributed by atoms with Crippen molar-refractivity contribution in [2.75, 3.05) is 5.32 Å². The molecular formula is C20H19FN8O2. The van der Waals surface area contributed by atoms with Crippen molar-refractivity contribution in [1.29, 1.82) is 0 Å². The van der Waals surface area contributed by atoms with Crippen LogP contribution >= 0.6 is 0 Å². The quantitative estimate of drug-likeness (QED) is 0.370. The Kier molecular flexibility index (Phi) is 4.50. The van der Waals surface area contributed by atoms with Crippen LogP contribution in [0.15, 0.2) is 34.2 Å². The summed E-state index contributed by atoms with van der Waals surface area (Å²) in [4.78, 5) is 29.8. The average Bonchev–Trinajstić information content (AvgIpc) is 3.36. The van der Waals surface area contributed by atoms with Gasteiger partial charge in [0.25, 0.3) is 5.62 Å². The molecule has 4 N–H and O–H groups in total. The van der Waals surface area contributed by atoms with Crippen LogP contribution in [0.5, 0.6) is 5.88 Å². The number of aromatic hydroxyl groups is 1. The third kappa shape index (κ3) is 3.77. The van der Waals surface area contributed by atoms with Gasteiger partial charge in [0.15, 0.2) is 5.65 Å². The van der Waals surface area contributed by atoms with E-state index in [0.29, 0.717) is 22.0 Å². The second-order valence-electron chi connectivity index (χ2n) is 7.42. The minimum atomic E-state index is -0.526. The summed E-state index contributed by atoms with van der Waals surface area (Å²) in [5.41, 5.74) is 1.84. The van der Waals surface area contributed by atoms with Crippen LogP contribution in [0.2, 0.25) is 0 Å². The molecule has 3 aromatic heterocycles. The molecular weight excluding hydrogens is 403 g/mol. The lowest BCUT2D eigenvalue weighted by atomic mass is 10.1. The monoisotopic (exact) mass is 422 g/mol. The maximum atomic E-state index is 14.2. The molecule has 1 saturated carbocycles. The number of hydrogen-bond donors (Lipinski definition) is 4. The predicted molar refractivity (Wildman–Crippen MR) is 110 cm³/mol. The Labute approximate surface area is 174 Å². The number of benzene rings is 1. The molecule has 1 aromatic carbocycles. The van der Waals surface area contributed by atoms with Gasteiger partial charge in [-0.1, -0.05) is 12.1 Å². The fraction of sp³-hybridized carbons (Fsp3) is 0.250. The zero-order valence-electron chi connectivity index (χ0n) is 16.6. The molecule has 1 aliphatic carbocycles. The first-order valence-electron chi connectivity index (χ1n) is 9.78. The standard InChI is InChI=1S/C20H19FN8O2/c1-10-3-2-4-14(21)13(10)9-22-18-26-16-11(7-15-17(30)27-20(31)25-15)8-23-29(16)19(28-18)24-12-5-6-12/h2-4,7-8,12,30H,5-6,9H2,1H3,(H,22,24,28)(H2,25,27,31). The van der Waals surface area contributed by atoms with Crippen molar-refractivity contribution < 1.29 is 9.50 Å². The number of aromatic nitrogens is 6. The summed E-state index contributed by atoms with van der Waals surface area (Å²) in [6, 6.07) is 5.11. The summed E-state index contributed by atoms with van der Waals surface area (Å²) >= 11 is 0. The van der Waals surface area contributed by atoms with E-state index in [1.165, 1.54) is 10.6 Å². The lowest BCUT2D eigenvalue weighted by Crippen LogP contribution is -2.25. The number of nitrogens with zero attached hydrogens (tertiary/aromatic N) is 5. The zero-order chi connectivity index (χ0) is 21.5. The van der Waals surface area contributed by atoms with Crippen LogP contribution in [0.25, 0.3) is 11.7 Å². The minimum Gasteiger partial charge on any atom is -0.493 e. The highest BCUT2D eigenvalue weighted by atomic mass is 19.1. The first-order valence-corrected chi connectivity index (χ1v) is 9.78. The van der Waals surface area contributed by atoms with E-state index in [1.54, 1.807) is 18.3 Å². The lowest BCUT2D eigenvalue weighted by Gasteiger charge is -2.09. The van der Waals surface area contributed by atoms with E-state index < -0.39 is 5.69 Å². The largest absolute Gasteiger partial charge is 0.493 e. The molecule has 158 valence electrons. The summed E-state index contributed by atoms with van der Waals surface area (Å²) in [6.45, 7) is 2.04. The van der Waals surface area contributed by atoms with Gasteiger partial charge < -0.3 is 15.4 Å². The molecule has 0 spiro atoms. The van der Waals surface area contributed by atoms with E-state index >= 15 is 0 Å². The van der Waals surface area contributed by atoms with E-state index in [2.05, 4.69) is 35.3 Å². The first-order chi connectivity index (χ1) is 15.0. The Hall–Kier alpha value is -4.02. The smallest absolute Gasteiger partial charge is 0.326 e. The maximum Gasteiger partial charge on any atom is 0.326 e. The second kappa shape index (κ2) is 7.35. The number of anilines is 1. The van der Waals surface area contributed by atoms with Crippen LogP contribution < -0.4 is 21.8 Å². The fourth-order valence-electron chi connectivity index (χ4n) is 3.22. The summed E-state index contributed by atoms with van der Waals surface area (Å²) in [7, 11) is 0. The Morgan fingerprint density at radius 2 is 2.19 bits per heavy atom. The predicted octanol–water partition coefficient (Wildman–Crippen LogP) is 0.517. The molecule has 0 bridgehead atoms. The molecule has 0 saturated heterocycles. The molecule has 10 nitrogen and oxygen atoms in total. The molecule has 31 heavy (non-hydrogen) atoms. The molecule has 0 radical (unpaired) electrons. The number of hydrogen-bond acceptors (Lipinski definition) is 7. The van der Waals surface area contributed by atoms with Gasteiger partial charge in [-0.05, 0) is 37.5 Å². The van der Waals surface area contributed by atoms with E-state index in [4.69, 9.17) is 0 Å². The Balaban J connectivity index is 1.60. The number of fused-ring (bicyclic) bond motifs is 1. The zero-order valence-corrected chi connectivity index (χ0v) is 16.6. The van der Waals surface area contributed by atoms with Crippen molar-refractivity contribution in [1.82, 2.24) is 29.5 Å². The van der Waals surface area contributed by atoms with E-state index in [-0.39, 0.29) is 35.9 Å². The SMILES string of the molecule is Cc1cccc(F)c1CNc1nc(=NC2CC2)n2ncc(=Cc3[nH]c(=O)[nH]c3O)c2n1. The van der Waals surface area contributed by atoms with Crippen molar-refractivity contribution in [3.8, 4) is 5.88 Å². The Morgan fingerprint density at radius 3 is 2.90 bits per heavy atom. The van der Waals surface area contributed by atoms with Gasteiger partial charge in [-0.25, -0.2) is 14.2 Å². The van der Waals surface area contributed by atoms with Gasteiger partial charge in [0.05, 0.1) is 12.2 Å². The molecule has 0 aliphatic heterocycles. The van der Waals surface area contributed by atoms with Gasteiger partial charge in [-0.2, -0.15) is 19.6 Å². The van der Waals surface area contributed by atoms with Gasteiger partial charge in [0.2, 0.25) is 11.8 Å². The van der Waals surface area contributed by atoms with Crippen LogP contribution in [0.4, 0.5) is 10.3 Å². The third-order valence-electron chi connectivity index (χ3n) is 5.03. The van der Waals surface area contributed by atoms with Gasteiger partial charge in [-0.15, -0.1) is 0 Å². The molecule has 0 unspecified atom stereocenters. The number of aryl methyl sites for hydroxylation is 1. The highest BCUT2D eigenvalue weighted by Crippen LogP contribution is 2.22. The number of H-pyrrole nitrogens is 2. The van der Waals surface area contributed by atoms with Crippen LogP contribution in [-0.4, -0.2) is 40.7 Å². The van der Waals surface area contributed by atoms with Crippen molar-refractivity contribution in [3.63, 3.8) is 0 Å². The van der Waals surface area contributed by atoms with E-state index in [9.17, 15) is 14.3 Å². The Bertz CT molecular complexity index is 1440.